The van der Waals surface area contributed by atoms with E-state index in [1.807, 2.05) is 12.1 Å². The average molecular weight is 345 g/mol. The summed E-state index contributed by atoms with van der Waals surface area (Å²) in [6, 6.07) is 8.60. The van der Waals surface area contributed by atoms with Crippen LogP contribution in [0.5, 0.6) is 5.75 Å². The summed E-state index contributed by atoms with van der Waals surface area (Å²) in [6.07, 6.45) is 3.94. The van der Waals surface area contributed by atoms with Gasteiger partial charge in [0.05, 0.1) is 5.02 Å². The van der Waals surface area contributed by atoms with E-state index in [0.29, 0.717) is 22.9 Å². The number of ether oxygens (including phenoxy) is 1. The Morgan fingerprint density at radius 2 is 1.95 bits per heavy atom. The van der Waals surface area contributed by atoms with Crippen LogP contribution in [0.25, 0.3) is 0 Å². The molecule has 3 atom stereocenters. The van der Waals surface area contributed by atoms with Gasteiger partial charge in [0.15, 0.2) is 6.10 Å². The zero-order valence-corrected chi connectivity index (χ0v) is 14.1. The van der Waals surface area contributed by atoms with Gasteiger partial charge in [0.2, 0.25) is 0 Å². The van der Waals surface area contributed by atoms with Crippen LogP contribution in [0.4, 0.5) is 0 Å². The van der Waals surface area contributed by atoms with Gasteiger partial charge in [-0.15, -0.1) is 12.4 Å². The normalized spacial score (nSPS) is 27.6. The summed E-state index contributed by atoms with van der Waals surface area (Å²) < 4.78 is 5.66. The van der Waals surface area contributed by atoms with E-state index >= 15 is 0 Å². The van der Waals surface area contributed by atoms with Gasteiger partial charge in [-0.2, -0.15) is 0 Å². The summed E-state index contributed by atoms with van der Waals surface area (Å²) in [5, 5.41) is 7.21. The van der Waals surface area contributed by atoms with Crippen molar-refractivity contribution in [3.8, 4) is 5.75 Å². The monoisotopic (exact) mass is 344 g/mol. The van der Waals surface area contributed by atoms with Gasteiger partial charge in [0, 0.05) is 18.1 Å². The van der Waals surface area contributed by atoms with Gasteiger partial charge in [-0.05, 0) is 44.7 Å². The number of hydrogen-bond acceptors (Lipinski definition) is 3. The van der Waals surface area contributed by atoms with Gasteiger partial charge < -0.3 is 15.4 Å². The molecular weight excluding hydrogens is 323 g/mol. The summed E-state index contributed by atoms with van der Waals surface area (Å²) in [7, 11) is 0. The van der Waals surface area contributed by atoms with Gasteiger partial charge in [-0.1, -0.05) is 23.7 Å². The van der Waals surface area contributed by atoms with Crippen LogP contribution in [-0.2, 0) is 4.79 Å². The third-order valence-electron chi connectivity index (χ3n) is 4.33. The fourth-order valence-electron chi connectivity index (χ4n) is 3.28. The molecule has 2 N–H and O–H groups in total. The summed E-state index contributed by atoms with van der Waals surface area (Å²) in [6.45, 7) is 1.76. The first kappa shape index (κ1) is 17.4. The number of para-hydroxylation sites is 1. The molecule has 0 aromatic heterocycles. The Kier molecular flexibility index (Phi) is 5.95. The smallest absolute Gasteiger partial charge is 0.260 e. The number of carbonyl (C=O) groups is 1. The van der Waals surface area contributed by atoms with Gasteiger partial charge in [0.1, 0.15) is 5.75 Å². The van der Waals surface area contributed by atoms with Crippen LogP contribution >= 0.6 is 24.0 Å². The minimum atomic E-state index is -0.544. The Bertz CT molecular complexity index is 515. The van der Waals surface area contributed by atoms with Crippen molar-refractivity contribution >= 4 is 29.9 Å². The van der Waals surface area contributed by atoms with Crippen LogP contribution < -0.4 is 15.4 Å². The molecule has 0 saturated carbocycles. The van der Waals surface area contributed by atoms with Crippen LogP contribution in [0.15, 0.2) is 24.3 Å². The van der Waals surface area contributed by atoms with Crippen molar-refractivity contribution in [3.63, 3.8) is 0 Å². The number of amides is 1. The summed E-state index contributed by atoms with van der Waals surface area (Å²) in [5.74, 6) is 0.480. The predicted octanol–water partition coefficient (Wildman–Crippen LogP) is 2.93. The van der Waals surface area contributed by atoms with Crippen LogP contribution in [0.2, 0.25) is 5.02 Å². The van der Waals surface area contributed by atoms with Gasteiger partial charge >= 0.3 is 0 Å². The van der Waals surface area contributed by atoms with E-state index in [2.05, 4.69) is 10.6 Å². The highest BCUT2D eigenvalue weighted by Gasteiger charge is 2.34. The fraction of sp³-hybridized carbons (Fsp3) is 0.562. The van der Waals surface area contributed by atoms with Gasteiger partial charge in [0.25, 0.3) is 5.91 Å². The molecule has 0 radical (unpaired) electrons. The predicted molar refractivity (Wildman–Crippen MR) is 89.9 cm³/mol. The Labute approximate surface area is 142 Å². The number of fused-ring (bicyclic) bond motifs is 2. The van der Waals surface area contributed by atoms with E-state index in [9.17, 15) is 4.79 Å². The van der Waals surface area contributed by atoms with E-state index in [1.54, 1.807) is 19.1 Å². The molecule has 2 fully saturated rings. The topological polar surface area (TPSA) is 50.4 Å². The van der Waals surface area contributed by atoms with E-state index < -0.39 is 6.10 Å². The van der Waals surface area contributed by atoms with Crippen LogP contribution in [0.3, 0.4) is 0 Å². The Hall–Kier alpha value is -0.970. The number of carbonyl (C=O) groups excluding carboxylic acids is 1. The summed E-state index contributed by atoms with van der Waals surface area (Å²) in [4.78, 5) is 12.3. The lowest BCUT2D eigenvalue weighted by Gasteiger charge is -2.30. The first-order chi connectivity index (χ1) is 10.1. The second kappa shape index (κ2) is 7.53. The molecule has 1 aromatic rings. The highest BCUT2D eigenvalue weighted by atomic mass is 35.5. The summed E-state index contributed by atoms with van der Waals surface area (Å²) in [5.41, 5.74) is 0. The second-order valence-electron chi connectivity index (χ2n) is 6.01. The molecule has 0 spiro atoms. The highest BCUT2D eigenvalue weighted by Crippen LogP contribution is 2.27. The quantitative estimate of drug-likeness (QED) is 0.882. The maximum atomic E-state index is 12.3. The molecule has 6 heteroatoms. The van der Waals surface area contributed by atoms with Crippen molar-refractivity contribution in [1.82, 2.24) is 10.6 Å². The van der Waals surface area contributed by atoms with Crippen molar-refractivity contribution in [2.45, 2.75) is 56.8 Å². The standard InChI is InChI=1S/C16H21ClN2O2.ClH/c1-10(21-15-5-3-2-4-14(15)17)16(20)19-13-8-11-6-7-12(9-13)18-11;/h2-5,10-13,18H,6-9H2,1H3,(H,19,20);1H. The van der Waals surface area contributed by atoms with E-state index in [0.717, 1.165) is 12.8 Å². The fourth-order valence-corrected chi connectivity index (χ4v) is 3.46. The lowest BCUT2D eigenvalue weighted by molar-refractivity contribution is -0.128. The lowest BCUT2D eigenvalue weighted by atomic mass is 9.99. The Morgan fingerprint density at radius 1 is 1.32 bits per heavy atom. The van der Waals surface area contributed by atoms with Crippen LogP contribution in [-0.4, -0.2) is 30.1 Å². The van der Waals surface area contributed by atoms with E-state index in [-0.39, 0.29) is 24.4 Å². The van der Waals surface area contributed by atoms with Crippen molar-refractivity contribution in [3.05, 3.63) is 29.3 Å². The maximum Gasteiger partial charge on any atom is 0.260 e. The third kappa shape index (κ3) is 4.06. The van der Waals surface area contributed by atoms with E-state index in [4.69, 9.17) is 16.3 Å². The first-order valence-electron chi connectivity index (χ1n) is 7.59. The number of hydrogen-bond donors (Lipinski definition) is 2. The van der Waals surface area contributed by atoms with Crippen molar-refractivity contribution in [2.24, 2.45) is 0 Å². The van der Waals surface area contributed by atoms with Gasteiger partial charge in [-0.25, -0.2) is 0 Å². The number of piperidine rings is 1. The number of rotatable bonds is 4. The highest BCUT2D eigenvalue weighted by molar-refractivity contribution is 6.32. The molecule has 1 aromatic carbocycles. The minimum Gasteiger partial charge on any atom is -0.479 e. The SMILES string of the molecule is CC(Oc1ccccc1Cl)C(=O)NC1CC2CCC(C1)N2.Cl. The molecule has 2 bridgehead atoms. The summed E-state index contributed by atoms with van der Waals surface area (Å²) >= 11 is 6.05. The number of benzene rings is 1. The van der Waals surface area contributed by atoms with Crippen LogP contribution in [0, 0.1) is 0 Å². The maximum absolute atomic E-state index is 12.3. The lowest BCUT2D eigenvalue weighted by Crippen LogP contribution is -2.50. The second-order valence-corrected chi connectivity index (χ2v) is 6.41. The molecule has 122 valence electrons. The minimum absolute atomic E-state index is 0. The van der Waals surface area contributed by atoms with Crippen molar-refractivity contribution in [1.29, 1.82) is 0 Å². The third-order valence-corrected chi connectivity index (χ3v) is 4.64. The van der Waals surface area contributed by atoms with Crippen molar-refractivity contribution in [2.75, 3.05) is 0 Å². The zero-order chi connectivity index (χ0) is 14.8. The molecule has 0 aliphatic carbocycles. The zero-order valence-electron chi connectivity index (χ0n) is 12.5. The first-order valence-corrected chi connectivity index (χ1v) is 7.97. The molecule has 2 aliphatic heterocycles. The molecule has 2 heterocycles. The molecule has 3 rings (SSSR count). The molecule has 4 nitrogen and oxygen atoms in total. The largest absolute Gasteiger partial charge is 0.479 e. The molecule has 22 heavy (non-hydrogen) atoms. The molecule has 2 saturated heterocycles. The molecular formula is C16H22Cl2N2O2. The molecule has 1 amide bonds. The molecule has 3 unspecified atom stereocenters. The van der Waals surface area contributed by atoms with Crippen LogP contribution in [0.1, 0.15) is 32.6 Å². The molecule has 2 aliphatic rings. The number of halogens is 2. The average Bonchev–Trinajstić information content (AvgIpc) is 2.80. The Balaban J connectivity index is 0.00000176. The Morgan fingerprint density at radius 3 is 2.59 bits per heavy atom. The van der Waals surface area contributed by atoms with Crippen molar-refractivity contribution < 1.29 is 9.53 Å². The number of nitrogens with one attached hydrogen (secondary N) is 2. The van der Waals surface area contributed by atoms with E-state index in [1.165, 1.54) is 12.8 Å². The van der Waals surface area contributed by atoms with Gasteiger partial charge in [-0.3, -0.25) is 4.79 Å².